The van der Waals surface area contributed by atoms with Crippen LogP contribution in [0.25, 0.3) is 10.8 Å². The quantitative estimate of drug-likeness (QED) is 0.662. The Hall–Kier alpha value is -1.06. The SMILES string of the molecule is COc1ccc2cc(C(C)(C)CNCBr)ccc2c1. The maximum Gasteiger partial charge on any atom is 0.119 e. The van der Waals surface area contributed by atoms with Gasteiger partial charge in [-0.1, -0.05) is 54.0 Å². The second kappa shape index (κ2) is 5.93. The van der Waals surface area contributed by atoms with Crippen molar-refractivity contribution in [2.75, 3.05) is 19.1 Å². The van der Waals surface area contributed by atoms with E-state index in [9.17, 15) is 0 Å². The van der Waals surface area contributed by atoms with E-state index in [0.717, 1.165) is 17.7 Å². The van der Waals surface area contributed by atoms with Crippen molar-refractivity contribution in [3.8, 4) is 5.75 Å². The first-order valence-corrected chi connectivity index (χ1v) is 7.54. The Bertz CT molecular complexity index is 566. The molecular weight excluding hydrogens is 302 g/mol. The molecule has 0 aromatic heterocycles. The zero-order valence-electron chi connectivity index (χ0n) is 11.7. The van der Waals surface area contributed by atoms with Crippen LogP contribution in [0.4, 0.5) is 0 Å². The van der Waals surface area contributed by atoms with Crippen molar-refractivity contribution >= 4 is 26.7 Å². The van der Waals surface area contributed by atoms with Crippen molar-refractivity contribution in [3.63, 3.8) is 0 Å². The van der Waals surface area contributed by atoms with Gasteiger partial charge in [0.05, 0.1) is 12.6 Å². The van der Waals surface area contributed by atoms with E-state index in [0.29, 0.717) is 0 Å². The first kappa shape index (κ1) is 14.4. The average molecular weight is 322 g/mol. The Labute approximate surface area is 123 Å². The number of nitrogens with one attached hydrogen (secondary N) is 1. The van der Waals surface area contributed by atoms with Gasteiger partial charge in [-0.25, -0.2) is 0 Å². The fraction of sp³-hybridized carbons (Fsp3) is 0.375. The Balaban J connectivity index is 2.36. The van der Waals surface area contributed by atoms with E-state index in [4.69, 9.17) is 4.74 Å². The summed E-state index contributed by atoms with van der Waals surface area (Å²) in [6.07, 6.45) is 0. The van der Waals surface area contributed by atoms with Crippen LogP contribution in [0.5, 0.6) is 5.75 Å². The molecule has 0 aliphatic heterocycles. The number of rotatable bonds is 5. The van der Waals surface area contributed by atoms with E-state index in [1.54, 1.807) is 7.11 Å². The summed E-state index contributed by atoms with van der Waals surface area (Å²) in [5.74, 6) is 0.903. The minimum absolute atomic E-state index is 0.113. The number of hydrogen-bond donors (Lipinski definition) is 1. The predicted molar refractivity (Wildman–Crippen MR) is 85.3 cm³/mol. The van der Waals surface area contributed by atoms with Crippen molar-refractivity contribution in [2.45, 2.75) is 19.3 Å². The van der Waals surface area contributed by atoms with Gasteiger partial charge in [0.15, 0.2) is 0 Å². The fourth-order valence-corrected chi connectivity index (χ4v) is 2.43. The van der Waals surface area contributed by atoms with Crippen LogP contribution in [0.1, 0.15) is 19.4 Å². The molecule has 3 heteroatoms. The first-order valence-electron chi connectivity index (χ1n) is 6.42. The molecule has 19 heavy (non-hydrogen) atoms. The number of hydrogen-bond acceptors (Lipinski definition) is 2. The molecule has 0 bridgehead atoms. The number of halogens is 1. The smallest absolute Gasteiger partial charge is 0.119 e. The van der Waals surface area contributed by atoms with Crippen molar-refractivity contribution in [2.24, 2.45) is 0 Å². The highest BCUT2D eigenvalue weighted by Gasteiger charge is 2.20. The van der Waals surface area contributed by atoms with E-state index in [-0.39, 0.29) is 5.41 Å². The van der Waals surface area contributed by atoms with E-state index >= 15 is 0 Å². The van der Waals surface area contributed by atoms with Gasteiger partial charge >= 0.3 is 0 Å². The predicted octanol–water partition coefficient (Wildman–Crippen LogP) is 4.07. The molecule has 2 nitrogen and oxygen atoms in total. The minimum Gasteiger partial charge on any atom is -0.497 e. The Kier molecular flexibility index (Phi) is 4.48. The van der Waals surface area contributed by atoms with Gasteiger partial charge in [0.25, 0.3) is 0 Å². The van der Waals surface area contributed by atoms with Crippen LogP contribution < -0.4 is 10.1 Å². The lowest BCUT2D eigenvalue weighted by Crippen LogP contribution is -2.32. The average Bonchev–Trinajstić information content (AvgIpc) is 2.44. The molecule has 2 aromatic carbocycles. The summed E-state index contributed by atoms with van der Waals surface area (Å²) >= 11 is 3.41. The third-order valence-corrected chi connectivity index (χ3v) is 3.89. The van der Waals surface area contributed by atoms with Crippen LogP contribution in [0, 0.1) is 0 Å². The van der Waals surface area contributed by atoms with Gasteiger partial charge in [0.2, 0.25) is 0 Å². The van der Waals surface area contributed by atoms with Gasteiger partial charge in [-0.15, -0.1) is 0 Å². The maximum absolute atomic E-state index is 5.26. The largest absolute Gasteiger partial charge is 0.497 e. The fourth-order valence-electron chi connectivity index (χ4n) is 2.23. The number of methoxy groups -OCH3 is 1. The van der Waals surface area contributed by atoms with Crippen molar-refractivity contribution < 1.29 is 4.74 Å². The minimum atomic E-state index is 0.113. The van der Waals surface area contributed by atoms with Gasteiger partial charge in [-0.2, -0.15) is 0 Å². The summed E-state index contributed by atoms with van der Waals surface area (Å²) in [5.41, 5.74) is 2.28. The van der Waals surface area contributed by atoms with Crippen LogP contribution >= 0.6 is 15.9 Å². The molecule has 0 saturated heterocycles. The van der Waals surface area contributed by atoms with E-state index in [1.807, 2.05) is 6.07 Å². The lowest BCUT2D eigenvalue weighted by molar-refractivity contribution is 0.415. The number of alkyl halides is 1. The molecule has 0 fully saturated rings. The molecule has 0 saturated carbocycles. The zero-order valence-corrected chi connectivity index (χ0v) is 13.3. The molecule has 0 atom stereocenters. The molecule has 0 aliphatic carbocycles. The molecular formula is C16H20BrNO. The molecule has 0 radical (unpaired) electrons. The number of benzene rings is 2. The van der Waals surface area contributed by atoms with Crippen LogP contribution in [0.15, 0.2) is 36.4 Å². The standard InChI is InChI=1S/C16H20BrNO/c1-16(2,10-18-11-17)14-6-4-13-9-15(19-3)7-5-12(13)8-14/h4-9,18H,10-11H2,1-3H3. The van der Waals surface area contributed by atoms with Crippen LogP contribution in [-0.2, 0) is 5.41 Å². The second-order valence-electron chi connectivity index (χ2n) is 5.37. The van der Waals surface area contributed by atoms with Crippen molar-refractivity contribution in [3.05, 3.63) is 42.0 Å². The highest BCUT2D eigenvalue weighted by atomic mass is 79.9. The van der Waals surface area contributed by atoms with E-state index in [2.05, 4.69) is 65.4 Å². The normalized spacial score (nSPS) is 11.8. The summed E-state index contributed by atoms with van der Waals surface area (Å²) in [6.45, 7) is 5.46. The van der Waals surface area contributed by atoms with Gasteiger partial charge in [0, 0.05) is 12.0 Å². The highest BCUT2D eigenvalue weighted by molar-refractivity contribution is 9.09. The van der Waals surface area contributed by atoms with Crippen molar-refractivity contribution in [1.82, 2.24) is 5.32 Å². The summed E-state index contributed by atoms with van der Waals surface area (Å²) in [6, 6.07) is 12.8. The lowest BCUT2D eigenvalue weighted by Gasteiger charge is -2.25. The maximum atomic E-state index is 5.26. The molecule has 2 rings (SSSR count). The van der Waals surface area contributed by atoms with E-state index < -0.39 is 0 Å². The van der Waals surface area contributed by atoms with Gasteiger partial charge < -0.3 is 10.1 Å². The Morgan fingerprint density at radius 2 is 1.79 bits per heavy atom. The monoisotopic (exact) mass is 321 g/mol. The molecule has 0 amide bonds. The second-order valence-corrected chi connectivity index (χ2v) is 5.93. The number of ether oxygens (including phenoxy) is 1. The third-order valence-electron chi connectivity index (χ3n) is 3.49. The highest BCUT2D eigenvalue weighted by Crippen LogP contribution is 2.28. The number of fused-ring (bicyclic) bond motifs is 1. The summed E-state index contributed by atoms with van der Waals surface area (Å²) in [4.78, 5) is 0. The zero-order chi connectivity index (χ0) is 13.9. The van der Waals surface area contributed by atoms with Gasteiger partial charge in [0.1, 0.15) is 5.75 Å². The van der Waals surface area contributed by atoms with Crippen LogP contribution in [-0.4, -0.2) is 19.1 Å². The van der Waals surface area contributed by atoms with Crippen LogP contribution in [0.3, 0.4) is 0 Å². The Morgan fingerprint density at radius 3 is 2.47 bits per heavy atom. The summed E-state index contributed by atoms with van der Waals surface area (Å²) in [5, 5.41) is 5.82. The molecule has 0 aliphatic rings. The van der Waals surface area contributed by atoms with E-state index in [1.165, 1.54) is 16.3 Å². The lowest BCUT2D eigenvalue weighted by atomic mass is 9.83. The van der Waals surface area contributed by atoms with Gasteiger partial charge in [-0.3, -0.25) is 0 Å². The third kappa shape index (κ3) is 3.28. The molecule has 0 unspecified atom stereocenters. The molecule has 0 spiro atoms. The van der Waals surface area contributed by atoms with Crippen LogP contribution in [0.2, 0.25) is 0 Å². The van der Waals surface area contributed by atoms with Crippen molar-refractivity contribution in [1.29, 1.82) is 0 Å². The molecule has 1 N–H and O–H groups in total. The topological polar surface area (TPSA) is 21.3 Å². The molecule has 2 aromatic rings. The molecule has 102 valence electrons. The Morgan fingerprint density at radius 1 is 1.11 bits per heavy atom. The summed E-state index contributed by atoms with van der Waals surface area (Å²) < 4.78 is 5.26. The molecule has 0 heterocycles. The first-order chi connectivity index (χ1) is 9.06. The van der Waals surface area contributed by atoms with Gasteiger partial charge in [-0.05, 0) is 28.5 Å². The summed E-state index contributed by atoms with van der Waals surface area (Å²) in [7, 11) is 1.70.